The van der Waals surface area contributed by atoms with Gasteiger partial charge < -0.3 is 20.4 Å². The Morgan fingerprint density at radius 3 is 0.552 bits per heavy atom. The van der Waals surface area contributed by atoms with Crippen LogP contribution in [0.25, 0.3) is 0 Å². The van der Waals surface area contributed by atoms with Crippen LogP contribution in [-0.2, 0) is 21.7 Å². The van der Waals surface area contributed by atoms with E-state index in [1.807, 2.05) is 55.4 Å². The van der Waals surface area contributed by atoms with Crippen LogP contribution in [0.4, 0.5) is 0 Å². The summed E-state index contributed by atoms with van der Waals surface area (Å²) in [6.07, 6.45) is 9.43. The van der Waals surface area contributed by atoms with Crippen molar-refractivity contribution in [2.75, 3.05) is 0 Å². The third kappa shape index (κ3) is 47.7. The minimum atomic E-state index is -0.301. The molecule has 0 rings (SSSR count). The Morgan fingerprint density at radius 2 is 0.517 bits per heavy atom. The molecule has 0 aliphatic rings. The van der Waals surface area contributed by atoms with Gasteiger partial charge in [0.2, 0.25) is 0 Å². The largest absolute Gasteiger partial charge is 4.00 e. The Balaban J connectivity index is -0.0000000873. The summed E-state index contributed by atoms with van der Waals surface area (Å²) >= 11 is 0. The van der Waals surface area contributed by atoms with Crippen molar-refractivity contribution in [2.45, 2.75) is 157 Å². The van der Waals surface area contributed by atoms with Crippen molar-refractivity contribution in [3.8, 4) is 0 Å². The van der Waals surface area contributed by atoms with E-state index in [0.29, 0.717) is 0 Å². The Kier molecular flexibility index (Phi) is 49.6. The van der Waals surface area contributed by atoms with Gasteiger partial charge in [-0.3, -0.25) is 0 Å². The summed E-state index contributed by atoms with van der Waals surface area (Å²) in [5, 5.41) is 42.0. The van der Waals surface area contributed by atoms with Crippen molar-refractivity contribution in [2.24, 2.45) is 0 Å². The first kappa shape index (κ1) is 40.0. The molecule has 0 fully saturated rings. The van der Waals surface area contributed by atoms with E-state index in [4.69, 9.17) is 0 Å². The van der Waals surface area contributed by atoms with Crippen molar-refractivity contribution in [1.29, 1.82) is 0 Å². The zero-order valence-corrected chi connectivity index (χ0v) is 22.5. The molecule has 29 heavy (non-hydrogen) atoms. The summed E-state index contributed by atoms with van der Waals surface area (Å²) in [5.41, 5.74) is 0. The number of hydrogen-bond donors (Lipinski definition) is 0. The zero-order chi connectivity index (χ0) is 22.8. The van der Waals surface area contributed by atoms with Crippen molar-refractivity contribution >= 4 is 0 Å². The standard InChI is InChI=1S/4C6H13O.Ti/c4*1-3-5-6(7)4-2;/h4*6H,3-5H2,1-2H3;/q4*-1;+4. The second-order valence-electron chi connectivity index (χ2n) is 7.28. The molecule has 0 bridgehead atoms. The van der Waals surface area contributed by atoms with Crippen LogP contribution in [-0.4, -0.2) is 24.4 Å². The van der Waals surface area contributed by atoms with E-state index in [9.17, 15) is 20.4 Å². The van der Waals surface area contributed by atoms with E-state index in [2.05, 4.69) is 0 Å². The quantitative estimate of drug-likeness (QED) is 0.422. The Labute approximate surface area is 198 Å². The first-order valence-corrected chi connectivity index (χ1v) is 11.9. The van der Waals surface area contributed by atoms with Crippen LogP contribution in [0.2, 0.25) is 0 Å². The fourth-order valence-corrected chi connectivity index (χ4v) is 2.10. The van der Waals surface area contributed by atoms with Crippen LogP contribution in [0, 0.1) is 0 Å². The molecule has 4 unspecified atom stereocenters. The monoisotopic (exact) mass is 452 g/mol. The van der Waals surface area contributed by atoms with Gasteiger partial charge in [-0.1, -0.05) is 132 Å². The van der Waals surface area contributed by atoms with Crippen molar-refractivity contribution < 1.29 is 42.1 Å². The topological polar surface area (TPSA) is 92.2 Å². The molecule has 4 nitrogen and oxygen atoms in total. The zero-order valence-electron chi connectivity index (χ0n) is 20.9. The molecule has 0 aromatic rings. The summed E-state index contributed by atoms with van der Waals surface area (Å²) in [6.45, 7) is 15.9. The molecule has 0 amide bonds. The molecule has 0 aliphatic carbocycles. The van der Waals surface area contributed by atoms with Gasteiger partial charge in [0.25, 0.3) is 0 Å². The molecule has 0 aromatic carbocycles. The molecule has 0 aliphatic heterocycles. The maximum absolute atomic E-state index is 10.5. The second-order valence-corrected chi connectivity index (χ2v) is 7.28. The van der Waals surface area contributed by atoms with Crippen LogP contribution in [0.1, 0.15) is 132 Å². The van der Waals surface area contributed by atoms with Gasteiger partial charge in [-0.2, -0.15) is 0 Å². The van der Waals surface area contributed by atoms with Gasteiger partial charge in [-0.15, -0.1) is 24.4 Å². The first-order chi connectivity index (χ1) is 13.2. The van der Waals surface area contributed by atoms with Gasteiger partial charge in [0, 0.05) is 0 Å². The Hall–Kier alpha value is 0.554. The van der Waals surface area contributed by atoms with E-state index in [0.717, 1.165) is 77.0 Å². The van der Waals surface area contributed by atoms with Crippen molar-refractivity contribution in [1.82, 2.24) is 0 Å². The van der Waals surface area contributed by atoms with Gasteiger partial charge in [0.1, 0.15) is 0 Å². The summed E-state index contributed by atoms with van der Waals surface area (Å²) in [5.74, 6) is 0. The molecule has 0 N–H and O–H groups in total. The van der Waals surface area contributed by atoms with Crippen LogP contribution >= 0.6 is 0 Å². The average Bonchev–Trinajstić information content (AvgIpc) is 2.70. The molecule has 4 atom stereocenters. The van der Waals surface area contributed by atoms with E-state index in [-0.39, 0.29) is 46.1 Å². The fraction of sp³-hybridized carbons (Fsp3) is 1.00. The molecule has 0 saturated carbocycles. The molecule has 0 saturated heterocycles. The van der Waals surface area contributed by atoms with E-state index >= 15 is 0 Å². The minimum Gasteiger partial charge on any atom is -0.852 e. The molecule has 5 heteroatoms. The first-order valence-electron chi connectivity index (χ1n) is 11.9. The Bertz CT molecular complexity index is 195. The Morgan fingerprint density at radius 1 is 0.379 bits per heavy atom. The molecule has 0 heterocycles. The average molecular weight is 453 g/mol. The minimum absolute atomic E-state index is 0. The van der Waals surface area contributed by atoms with E-state index in [1.54, 1.807) is 0 Å². The van der Waals surface area contributed by atoms with Crippen molar-refractivity contribution in [3.63, 3.8) is 0 Å². The molecule has 0 aromatic heterocycles. The summed E-state index contributed by atoms with van der Waals surface area (Å²) in [6, 6.07) is 0. The van der Waals surface area contributed by atoms with E-state index in [1.165, 1.54) is 0 Å². The SMILES string of the molecule is CCCC([O-])CC.CCCC([O-])CC.CCCC([O-])CC.CCCC([O-])CC.[Ti+4]. The number of hydrogen-bond acceptors (Lipinski definition) is 4. The summed E-state index contributed by atoms with van der Waals surface area (Å²) in [7, 11) is 0. The van der Waals surface area contributed by atoms with Crippen LogP contribution in [0.5, 0.6) is 0 Å². The number of rotatable bonds is 12. The third-order valence-electron chi connectivity index (χ3n) is 4.26. The molecular weight excluding hydrogens is 400 g/mol. The molecular formula is C24H52O4Ti. The predicted octanol–water partition coefficient (Wildman–Crippen LogP) is 3.70. The van der Waals surface area contributed by atoms with Gasteiger partial charge in [-0.05, 0) is 0 Å². The van der Waals surface area contributed by atoms with Crippen LogP contribution in [0.15, 0.2) is 0 Å². The maximum atomic E-state index is 10.5. The van der Waals surface area contributed by atoms with Crippen LogP contribution in [0.3, 0.4) is 0 Å². The maximum Gasteiger partial charge on any atom is 4.00 e. The van der Waals surface area contributed by atoms with Gasteiger partial charge >= 0.3 is 21.7 Å². The van der Waals surface area contributed by atoms with E-state index < -0.39 is 0 Å². The molecule has 176 valence electrons. The van der Waals surface area contributed by atoms with Gasteiger partial charge in [0.05, 0.1) is 0 Å². The van der Waals surface area contributed by atoms with Gasteiger partial charge in [0.15, 0.2) is 0 Å². The van der Waals surface area contributed by atoms with Crippen LogP contribution < -0.4 is 20.4 Å². The molecule has 0 spiro atoms. The normalized spacial score (nSPS) is 13.7. The fourth-order valence-electron chi connectivity index (χ4n) is 2.10. The van der Waals surface area contributed by atoms with Gasteiger partial charge in [-0.25, -0.2) is 0 Å². The second kappa shape index (κ2) is 36.0. The smallest absolute Gasteiger partial charge is 0.852 e. The van der Waals surface area contributed by atoms with Crippen molar-refractivity contribution in [3.05, 3.63) is 0 Å². The molecule has 0 radical (unpaired) electrons. The predicted molar refractivity (Wildman–Crippen MR) is 116 cm³/mol. The summed E-state index contributed by atoms with van der Waals surface area (Å²) in [4.78, 5) is 0. The third-order valence-corrected chi connectivity index (χ3v) is 4.26. The summed E-state index contributed by atoms with van der Waals surface area (Å²) < 4.78 is 0.